The lowest BCUT2D eigenvalue weighted by Gasteiger charge is -1.87. The van der Waals surface area contributed by atoms with E-state index in [1.807, 2.05) is 0 Å². The Balaban J connectivity index is 1.93. The van der Waals surface area contributed by atoms with Gasteiger partial charge < -0.3 is 8.94 Å². The van der Waals surface area contributed by atoms with Crippen LogP contribution in [-0.2, 0) is 5.75 Å². The molecule has 0 spiro atoms. The highest BCUT2D eigenvalue weighted by atomic mass is 32.2. The van der Waals surface area contributed by atoms with Crippen LogP contribution in [0.2, 0.25) is 0 Å². The minimum atomic E-state index is 0.510. The van der Waals surface area contributed by atoms with Crippen LogP contribution in [0.5, 0.6) is 0 Å². The molecule has 0 fully saturated rings. The summed E-state index contributed by atoms with van der Waals surface area (Å²) in [6, 6.07) is 0. The van der Waals surface area contributed by atoms with Crippen LogP contribution in [0.4, 0.5) is 0 Å². The van der Waals surface area contributed by atoms with Crippen molar-refractivity contribution in [1.29, 1.82) is 0 Å². The second kappa shape index (κ2) is 3.56. The Bertz CT molecular complexity index is 372. The van der Waals surface area contributed by atoms with Crippen LogP contribution in [0.15, 0.2) is 20.5 Å². The van der Waals surface area contributed by atoms with Gasteiger partial charge in [-0.25, -0.2) is 0 Å². The van der Waals surface area contributed by atoms with Crippen molar-refractivity contribution in [1.82, 2.24) is 20.3 Å². The van der Waals surface area contributed by atoms with E-state index in [4.69, 9.17) is 8.94 Å². The van der Waals surface area contributed by atoms with Crippen molar-refractivity contribution in [3.05, 3.63) is 18.1 Å². The normalized spacial score (nSPS) is 10.5. The van der Waals surface area contributed by atoms with Gasteiger partial charge in [0.25, 0.3) is 5.22 Å². The molecular formula is C6H6N4O2S. The van der Waals surface area contributed by atoms with Gasteiger partial charge in [0.05, 0.1) is 5.75 Å². The second-order valence-corrected chi connectivity index (χ2v) is 3.14. The van der Waals surface area contributed by atoms with Gasteiger partial charge in [0, 0.05) is 6.92 Å². The number of hydrogen-bond acceptors (Lipinski definition) is 7. The smallest absolute Gasteiger partial charge is 0.277 e. The maximum absolute atomic E-state index is 5.13. The van der Waals surface area contributed by atoms with E-state index < -0.39 is 0 Å². The molecule has 0 saturated heterocycles. The van der Waals surface area contributed by atoms with Crippen molar-refractivity contribution < 1.29 is 8.94 Å². The quantitative estimate of drug-likeness (QED) is 0.682. The fourth-order valence-corrected chi connectivity index (χ4v) is 1.37. The Kier molecular flexibility index (Phi) is 2.26. The van der Waals surface area contributed by atoms with Crippen molar-refractivity contribution in [3.8, 4) is 0 Å². The SMILES string of the molecule is Cc1nnc(SCc2ncno2)o1. The van der Waals surface area contributed by atoms with E-state index in [1.165, 1.54) is 18.1 Å². The number of nitrogens with zero attached hydrogens (tertiary/aromatic N) is 4. The maximum Gasteiger partial charge on any atom is 0.277 e. The molecule has 0 saturated carbocycles. The Morgan fingerprint density at radius 3 is 3.00 bits per heavy atom. The average molecular weight is 198 g/mol. The largest absolute Gasteiger partial charge is 0.416 e. The first kappa shape index (κ1) is 8.24. The summed E-state index contributed by atoms with van der Waals surface area (Å²) < 4.78 is 9.92. The molecule has 0 aliphatic carbocycles. The number of aryl methyl sites for hydroxylation is 1. The lowest BCUT2D eigenvalue weighted by Crippen LogP contribution is -1.79. The minimum Gasteiger partial charge on any atom is -0.416 e. The van der Waals surface area contributed by atoms with Crippen molar-refractivity contribution in [2.75, 3.05) is 0 Å². The summed E-state index contributed by atoms with van der Waals surface area (Å²) in [6.07, 6.45) is 1.36. The highest BCUT2D eigenvalue weighted by Gasteiger charge is 2.05. The predicted molar refractivity (Wildman–Crippen MR) is 42.9 cm³/mol. The van der Waals surface area contributed by atoms with E-state index in [0.717, 1.165) is 0 Å². The van der Waals surface area contributed by atoms with Crippen LogP contribution in [0.3, 0.4) is 0 Å². The molecular weight excluding hydrogens is 192 g/mol. The first-order valence-electron chi connectivity index (χ1n) is 3.53. The molecule has 68 valence electrons. The summed E-state index contributed by atoms with van der Waals surface area (Å²) in [5, 5.41) is 11.5. The fourth-order valence-electron chi connectivity index (χ4n) is 0.720. The molecule has 0 N–H and O–H groups in total. The molecule has 2 rings (SSSR count). The zero-order valence-corrected chi connectivity index (χ0v) is 7.61. The molecule has 0 atom stereocenters. The summed E-state index contributed by atoms with van der Waals surface area (Å²) in [7, 11) is 0. The first-order chi connectivity index (χ1) is 6.34. The standard InChI is InChI=1S/C6H6N4O2S/c1-4-9-10-6(11-4)13-2-5-7-3-8-12-5/h3H,2H2,1H3. The van der Waals surface area contributed by atoms with Crippen LogP contribution in [0.1, 0.15) is 11.8 Å². The van der Waals surface area contributed by atoms with Crippen LogP contribution in [0, 0.1) is 6.92 Å². The summed E-state index contributed by atoms with van der Waals surface area (Å²) in [4.78, 5) is 3.85. The Morgan fingerprint density at radius 2 is 2.38 bits per heavy atom. The van der Waals surface area contributed by atoms with Crippen LogP contribution < -0.4 is 0 Å². The summed E-state index contributed by atoms with van der Waals surface area (Å²) in [5.41, 5.74) is 0. The monoisotopic (exact) mass is 198 g/mol. The van der Waals surface area contributed by atoms with Crippen LogP contribution >= 0.6 is 11.8 Å². The molecule has 0 aliphatic rings. The molecule has 0 bridgehead atoms. The van der Waals surface area contributed by atoms with E-state index in [1.54, 1.807) is 6.92 Å². The zero-order valence-electron chi connectivity index (χ0n) is 6.80. The third-order valence-electron chi connectivity index (χ3n) is 1.23. The molecule has 6 nitrogen and oxygen atoms in total. The van der Waals surface area contributed by atoms with Gasteiger partial charge in [0.15, 0.2) is 6.33 Å². The third kappa shape index (κ3) is 2.05. The molecule has 2 heterocycles. The number of rotatable bonds is 3. The molecule has 0 amide bonds. The molecule has 7 heteroatoms. The van der Waals surface area contributed by atoms with Gasteiger partial charge in [-0.3, -0.25) is 0 Å². The Labute approximate surface area is 77.7 Å². The van der Waals surface area contributed by atoms with E-state index >= 15 is 0 Å². The zero-order chi connectivity index (χ0) is 9.10. The molecule has 13 heavy (non-hydrogen) atoms. The number of hydrogen-bond donors (Lipinski definition) is 0. The lowest BCUT2D eigenvalue weighted by molar-refractivity contribution is 0.388. The van der Waals surface area contributed by atoms with Crippen molar-refractivity contribution in [3.63, 3.8) is 0 Å². The topological polar surface area (TPSA) is 77.8 Å². The van der Waals surface area contributed by atoms with Crippen molar-refractivity contribution in [2.24, 2.45) is 0 Å². The van der Waals surface area contributed by atoms with E-state index in [2.05, 4.69) is 20.3 Å². The lowest BCUT2D eigenvalue weighted by atomic mass is 10.8. The highest BCUT2D eigenvalue weighted by molar-refractivity contribution is 7.98. The third-order valence-corrected chi connectivity index (χ3v) is 2.04. The molecule has 0 aromatic carbocycles. The second-order valence-electron chi connectivity index (χ2n) is 2.21. The number of thioether (sulfide) groups is 1. The summed E-state index contributed by atoms with van der Waals surface area (Å²) in [5.74, 6) is 1.63. The predicted octanol–water partition coefficient (Wildman–Crippen LogP) is 1.05. The van der Waals surface area contributed by atoms with Gasteiger partial charge >= 0.3 is 0 Å². The average Bonchev–Trinajstić information content (AvgIpc) is 2.71. The first-order valence-corrected chi connectivity index (χ1v) is 4.51. The van der Waals surface area contributed by atoms with Gasteiger partial charge in [-0.1, -0.05) is 16.9 Å². The molecule has 2 aromatic rings. The fraction of sp³-hybridized carbons (Fsp3) is 0.333. The van der Waals surface area contributed by atoms with Crippen LogP contribution in [-0.4, -0.2) is 20.3 Å². The summed E-state index contributed by atoms with van der Waals surface area (Å²) in [6.45, 7) is 1.74. The molecule has 0 aliphatic heterocycles. The van der Waals surface area contributed by atoms with Gasteiger partial charge in [0.1, 0.15) is 0 Å². The van der Waals surface area contributed by atoms with E-state index in [0.29, 0.717) is 22.8 Å². The molecule has 0 unspecified atom stereocenters. The Hall–Kier alpha value is -1.37. The van der Waals surface area contributed by atoms with Crippen molar-refractivity contribution >= 4 is 11.8 Å². The van der Waals surface area contributed by atoms with Gasteiger partial charge in [-0.05, 0) is 0 Å². The van der Waals surface area contributed by atoms with Crippen LogP contribution in [0.25, 0.3) is 0 Å². The number of aromatic nitrogens is 4. The summed E-state index contributed by atoms with van der Waals surface area (Å²) >= 11 is 1.36. The minimum absolute atomic E-state index is 0.510. The van der Waals surface area contributed by atoms with E-state index in [-0.39, 0.29) is 0 Å². The van der Waals surface area contributed by atoms with Gasteiger partial charge in [0.2, 0.25) is 11.8 Å². The highest BCUT2D eigenvalue weighted by Crippen LogP contribution is 2.19. The maximum atomic E-state index is 5.13. The Morgan fingerprint density at radius 1 is 1.46 bits per heavy atom. The van der Waals surface area contributed by atoms with Gasteiger partial charge in [-0.15, -0.1) is 10.2 Å². The van der Waals surface area contributed by atoms with Crippen molar-refractivity contribution in [2.45, 2.75) is 17.9 Å². The van der Waals surface area contributed by atoms with Gasteiger partial charge in [-0.2, -0.15) is 4.98 Å². The molecule has 0 radical (unpaired) electrons. The van der Waals surface area contributed by atoms with E-state index in [9.17, 15) is 0 Å². The molecule has 2 aromatic heterocycles.